The first-order valence-corrected chi connectivity index (χ1v) is 5.79. The van der Waals surface area contributed by atoms with E-state index in [2.05, 4.69) is 22.6 Å². The molecule has 0 aliphatic carbocycles. The number of Topliss-reactive ketones (excluding diaryl/α,β-unsaturated/α-hetero) is 1. The third kappa shape index (κ3) is 2.63. The molecule has 0 radical (unpaired) electrons. The van der Waals surface area contributed by atoms with Gasteiger partial charge in [0.1, 0.15) is 5.75 Å². The van der Waals surface area contributed by atoms with Crippen molar-refractivity contribution >= 4 is 28.4 Å². The Hall–Kier alpha value is -1.30. The van der Waals surface area contributed by atoms with Gasteiger partial charge in [-0.15, -0.1) is 0 Å². The summed E-state index contributed by atoms with van der Waals surface area (Å²) in [6.45, 7) is -0.00642. The smallest absolute Gasteiger partial charge is 0.235 e. The van der Waals surface area contributed by atoms with E-state index in [1.54, 1.807) is 12.1 Å². The van der Waals surface area contributed by atoms with Crippen molar-refractivity contribution in [2.45, 2.75) is 0 Å². The van der Waals surface area contributed by atoms with Crippen LogP contribution in [0.3, 0.4) is 0 Å². The maximum Gasteiger partial charge on any atom is 0.235 e. The molecule has 0 aliphatic heterocycles. The lowest BCUT2D eigenvalue weighted by Crippen LogP contribution is -2.11. The monoisotopic (exact) mass is 328 g/mol. The van der Waals surface area contributed by atoms with Crippen molar-refractivity contribution < 1.29 is 13.9 Å². The zero-order valence-electron chi connectivity index (χ0n) is 8.35. The molecule has 4 heteroatoms. The highest BCUT2D eigenvalue weighted by atomic mass is 127. The predicted molar refractivity (Wildman–Crippen MR) is 67.7 cm³/mol. The van der Waals surface area contributed by atoms with Crippen LogP contribution < -0.4 is 4.74 Å². The molecule has 0 saturated heterocycles. The van der Waals surface area contributed by atoms with Crippen LogP contribution in [0.25, 0.3) is 0 Å². The molecule has 2 aromatic rings. The van der Waals surface area contributed by atoms with Gasteiger partial charge in [-0.25, -0.2) is 0 Å². The number of carbonyl (C=O) groups excluding carboxylic acids is 1. The number of rotatable bonds is 4. The first kappa shape index (κ1) is 11.2. The number of ether oxygens (including phenoxy) is 1. The molecule has 0 unspecified atom stereocenters. The van der Waals surface area contributed by atoms with Crippen molar-refractivity contribution in [2.24, 2.45) is 0 Å². The minimum atomic E-state index is -0.162. The molecule has 0 aliphatic rings. The number of carbonyl (C=O) groups is 1. The van der Waals surface area contributed by atoms with E-state index in [-0.39, 0.29) is 12.4 Å². The fraction of sp³-hybridized carbons (Fsp3) is 0.0833. The number of benzene rings is 1. The maximum absolute atomic E-state index is 11.6. The molecule has 0 N–H and O–H groups in total. The van der Waals surface area contributed by atoms with E-state index >= 15 is 0 Å². The summed E-state index contributed by atoms with van der Waals surface area (Å²) >= 11 is 2.16. The highest BCUT2D eigenvalue weighted by Gasteiger charge is 2.10. The topological polar surface area (TPSA) is 39.4 Å². The van der Waals surface area contributed by atoms with Crippen molar-refractivity contribution in [2.75, 3.05) is 6.61 Å². The Kier molecular flexibility index (Phi) is 3.61. The molecule has 1 aromatic carbocycles. The van der Waals surface area contributed by atoms with Crippen molar-refractivity contribution in [1.82, 2.24) is 0 Å². The molecule has 0 spiro atoms. The highest BCUT2D eigenvalue weighted by Crippen LogP contribution is 2.19. The number of furan rings is 1. The van der Waals surface area contributed by atoms with Crippen LogP contribution in [0, 0.1) is 3.57 Å². The average Bonchev–Trinajstić information content (AvgIpc) is 2.81. The van der Waals surface area contributed by atoms with Gasteiger partial charge in [0, 0.05) is 0 Å². The lowest BCUT2D eigenvalue weighted by molar-refractivity contribution is 0.0893. The molecule has 0 amide bonds. The van der Waals surface area contributed by atoms with Crippen LogP contribution in [0.2, 0.25) is 0 Å². The largest absolute Gasteiger partial charge is 0.484 e. The van der Waals surface area contributed by atoms with Gasteiger partial charge < -0.3 is 9.15 Å². The van der Waals surface area contributed by atoms with Gasteiger partial charge in [0.2, 0.25) is 5.78 Å². The third-order valence-corrected chi connectivity index (χ3v) is 2.88. The Morgan fingerprint density at radius 1 is 1.25 bits per heavy atom. The molecule has 16 heavy (non-hydrogen) atoms. The van der Waals surface area contributed by atoms with Crippen LogP contribution in [0.1, 0.15) is 10.6 Å². The van der Waals surface area contributed by atoms with Crippen LogP contribution in [-0.2, 0) is 0 Å². The second-order valence-electron chi connectivity index (χ2n) is 3.12. The molecule has 1 heterocycles. The minimum Gasteiger partial charge on any atom is -0.484 e. The summed E-state index contributed by atoms with van der Waals surface area (Å²) in [6, 6.07) is 10.9. The third-order valence-electron chi connectivity index (χ3n) is 1.99. The van der Waals surface area contributed by atoms with Gasteiger partial charge in [0.15, 0.2) is 12.4 Å². The Labute approximate surface area is 107 Å². The van der Waals surface area contributed by atoms with Gasteiger partial charge in [-0.2, -0.15) is 0 Å². The molecular weight excluding hydrogens is 319 g/mol. The number of hydrogen-bond acceptors (Lipinski definition) is 3. The second kappa shape index (κ2) is 5.16. The molecule has 0 saturated carbocycles. The first-order chi connectivity index (χ1) is 7.77. The number of ketones is 1. The Balaban J connectivity index is 1.98. The molecule has 0 atom stereocenters. The summed E-state index contributed by atoms with van der Waals surface area (Å²) in [6.07, 6.45) is 1.47. The van der Waals surface area contributed by atoms with Crippen LogP contribution in [0.5, 0.6) is 5.75 Å². The van der Waals surface area contributed by atoms with Crippen LogP contribution in [-0.4, -0.2) is 12.4 Å². The SMILES string of the molecule is O=C(COc1ccccc1I)c1ccco1. The summed E-state index contributed by atoms with van der Waals surface area (Å²) in [4.78, 5) is 11.6. The van der Waals surface area contributed by atoms with Crippen molar-refractivity contribution in [3.8, 4) is 5.75 Å². The van der Waals surface area contributed by atoms with Gasteiger partial charge >= 0.3 is 0 Å². The van der Waals surface area contributed by atoms with Crippen molar-refractivity contribution in [3.05, 3.63) is 52.0 Å². The summed E-state index contributed by atoms with van der Waals surface area (Å²) < 4.78 is 11.4. The molecule has 82 valence electrons. The van der Waals surface area contributed by atoms with Gasteiger partial charge in [0.05, 0.1) is 9.83 Å². The molecule has 2 rings (SSSR count). The zero-order valence-corrected chi connectivity index (χ0v) is 10.5. The number of hydrogen-bond donors (Lipinski definition) is 0. The first-order valence-electron chi connectivity index (χ1n) is 4.71. The Morgan fingerprint density at radius 3 is 2.75 bits per heavy atom. The van der Waals surface area contributed by atoms with Gasteiger partial charge in [-0.1, -0.05) is 12.1 Å². The van der Waals surface area contributed by atoms with E-state index in [1.807, 2.05) is 24.3 Å². The molecular formula is C12H9IO3. The summed E-state index contributed by atoms with van der Waals surface area (Å²) in [5, 5.41) is 0. The Bertz CT molecular complexity index is 477. The lowest BCUT2D eigenvalue weighted by atomic mass is 10.3. The van der Waals surface area contributed by atoms with E-state index in [4.69, 9.17) is 9.15 Å². The van der Waals surface area contributed by atoms with E-state index in [0.717, 1.165) is 3.57 Å². The Morgan fingerprint density at radius 2 is 2.06 bits per heavy atom. The van der Waals surface area contributed by atoms with E-state index in [9.17, 15) is 4.79 Å². The fourth-order valence-corrected chi connectivity index (χ4v) is 1.76. The molecule has 1 aromatic heterocycles. The van der Waals surface area contributed by atoms with Gasteiger partial charge in [0.25, 0.3) is 0 Å². The van der Waals surface area contributed by atoms with Crippen LogP contribution >= 0.6 is 22.6 Å². The predicted octanol–water partition coefficient (Wildman–Crippen LogP) is 3.15. The summed E-state index contributed by atoms with van der Waals surface area (Å²) in [5.41, 5.74) is 0. The number of halogens is 1. The standard InChI is InChI=1S/C12H9IO3/c13-9-4-1-2-5-11(9)16-8-10(14)12-6-3-7-15-12/h1-7H,8H2. The number of para-hydroxylation sites is 1. The lowest BCUT2D eigenvalue weighted by Gasteiger charge is -2.05. The van der Waals surface area contributed by atoms with Gasteiger partial charge in [-0.05, 0) is 46.9 Å². The van der Waals surface area contributed by atoms with Crippen molar-refractivity contribution in [1.29, 1.82) is 0 Å². The van der Waals surface area contributed by atoms with E-state index < -0.39 is 0 Å². The molecule has 0 bridgehead atoms. The minimum absolute atomic E-state index is 0.00642. The summed E-state index contributed by atoms with van der Waals surface area (Å²) in [7, 11) is 0. The average molecular weight is 328 g/mol. The van der Waals surface area contributed by atoms with E-state index in [0.29, 0.717) is 11.5 Å². The van der Waals surface area contributed by atoms with E-state index in [1.165, 1.54) is 6.26 Å². The second-order valence-corrected chi connectivity index (χ2v) is 4.28. The molecule has 0 fully saturated rings. The summed E-state index contributed by atoms with van der Waals surface area (Å²) in [5.74, 6) is 0.874. The van der Waals surface area contributed by atoms with Gasteiger partial charge in [-0.3, -0.25) is 4.79 Å². The molecule has 3 nitrogen and oxygen atoms in total. The quantitative estimate of drug-likeness (QED) is 0.639. The fourth-order valence-electron chi connectivity index (χ4n) is 1.21. The van der Waals surface area contributed by atoms with Crippen molar-refractivity contribution in [3.63, 3.8) is 0 Å². The highest BCUT2D eigenvalue weighted by molar-refractivity contribution is 14.1. The zero-order chi connectivity index (χ0) is 11.4. The normalized spacial score (nSPS) is 10.1. The van der Waals surface area contributed by atoms with Crippen LogP contribution in [0.4, 0.5) is 0 Å². The maximum atomic E-state index is 11.6. The van der Waals surface area contributed by atoms with Crippen LogP contribution in [0.15, 0.2) is 47.1 Å².